The minimum atomic E-state index is 0.272. The largest absolute Gasteiger partial charge is 0.496 e. The number of nitrogens with zero attached hydrogens (tertiary/aromatic N) is 3. The fourth-order valence-electron chi connectivity index (χ4n) is 2.11. The van der Waals surface area contributed by atoms with Crippen LogP contribution in [-0.4, -0.2) is 21.7 Å². The van der Waals surface area contributed by atoms with E-state index in [9.17, 15) is 0 Å². The van der Waals surface area contributed by atoms with Gasteiger partial charge in [0.1, 0.15) is 5.75 Å². The van der Waals surface area contributed by atoms with Crippen LogP contribution in [-0.2, 0) is 0 Å². The molecule has 0 fully saturated rings. The van der Waals surface area contributed by atoms with Crippen molar-refractivity contribution in [3.8, 4) is 16.9 Å². The lowest BCUT2D eigenvalue weighted by Gasteiger charge is -2.09. The molecule has 2 heterocycles. The molecule has 0 aliphatic heterocycles. The molecule has 0 saturated carbocycles. The van der Waals surface area contributed by atoms with E-state index in [0.717, 1.165) is 22.5 Å². The van der Waals surface area contributed by atoms with E-state index >= 15 is 0 Å². The maximum atomic E-state index is 5.59. The highest BCUT2D eigenvalue weighted by molar-refractivity contribution is 5.71. The number of benzene rings is 1. The van der Waals surface area contributed by atoms with E-state index in [0.29, 0.717) is 0 Å². The maximum absolute atomic E-state index is 5.59. The summed E-state index contributed by atoms with van der Waals surface area (Å²) < 4.78 is 7.08. The van der Waals surface area contributed by atoms with Crippen LogP contribution in [0.5, 0.6) is 5.75 Å². The van der Waals surface area contributed by atoms with E-state index < -0.39 is 0 Å². The highest BCUT2D eigenvalue weighted by Gasteiger charge is 2.08. The first-order valence-electron chi connectivity index (χ1n) is 5.94. The molecule has 0 radical (unpaired) electrons. The number of rotatable bonds is 2. The molecule has 2 aromatic heterocycles. The Labute approximate surface area is 110 Å². The van der Waals surface area contributed by atoms with E-state index in [-0.39, 0.29) is 5.95 Å². The zero-order valence-electron chi connectivity index (χ0n) is 10.8. The first-order valence-corrected chi connectivity index (χ1v) is 5.94. The Bertz CT molecular complexity index is 748. The number of hydrogen-bond donors (Lipinski definition) is 1. The van der Waals surface area contributed by atoms with Crippen LogP contribution in [0.1, 0.15) is 5.56 Å². The molecule has 0 saturated heterocycles. The van der Waals surface area contributed by atoms with Crippen molar-refractivity contribution >= 4 is 11.6 Å². The van der Waals surface area contributed by atoms with Gasteiger partial charge in [0.2, 0.25) is 5.95 Å². The van der Waals surface area contributed by atoms with Gasteiger partial charge in [-0.25, -0.2) is 4.52 Å². The van der Waals surface area contributed by atoms with Gasteiger partial charge in [-0.15, -0.1) is 5.10 Å². The summed E-state index contributed by atoms with van der Waals surface area (Å²) in [6.45, 7) is 2.05. The van der Waals surface area contributed by atoms with E-state index in [2.05, 4.69) is 23.1 Å². The first kappa shape index (κ1) is 11.5. The van der Waals surface area contributed by atoms with Crippen LogP contribution in [0, 0.1) is 6.92 Å². The molecule has 3 aromatic rings. The van der Waals surface area contributed by atoms with Crippen LogP contribution >= 0.6 is 0 Å². The third kappa shape index (κ3) is 1.99. The monoisotopic (exact) mass is 254 g/mol. The summed E-state index contributed by atoms with van der Waals surface area (Å²) in [7, 11) is 1.67. The van der Waals surface area contributed by atoms with Gasteiger partial charge in [-0.05, 0) is 31.2 Å². The van der Waals surface area contributed by atoms with Gasteiger partial charge in [-0.3, -0.25) is 0 Å². The molecule has 0 bridgehead atoms. The van der Waals surface area contributed by atoms with Crippen LogP contribution in [0.4, 0.5) is 5.95 Å². The quantitative estimate of drug-likeness (QED) is 0.762. The lowest BCUT2D eigenvalue weighted by molar-refractivity contribution is 0.416. The second kappa shape index (κ2) is 4.28. The number of aryl methyl sites for hydroxylation is 1. The topological polar surface area (TPSA) is 65.4 Å². The summed E-state index contributed by atoms with van der Waals surface area (Å²) in [4.78, 5) is 4.11. The molecule has 2 N–H and O–H groups in total. The highest BCUT2D eigenvalue weighted by atomic mass is 16.5. The van der Waals surface area contributed by atoms with Crippen molar-refractivity contribution in [1.29, 1.82) is 0 Å². The van der Waals surface area contributed by atoms with Crippen LogP contribution in [0.25, 0.3) is 16.8 Å². The minimum Gasteiger partial charge on any atom is -0.496 e. The third-order valence-electron chi connectivity index (χ3n) is 3.01. The van der Waals surface area contributed by atoms with Gasteiger partial charge in [0.05, 0.1) is 7.11 Å². The van der Waals surface area contributed by atoms with E-state index in [1.54, 1.807) is 11.6 Å². The zero-order chi connectivity index (χ0) is 13.4. The highest BCUT2D eigenvalue weighted by Crippen LogP contribution is 2.30. The molecule has 19 heavy (non-hydrogen) atoms. The number of nitrogen functional groups attached to an aromatic ring is 1. The van der Waals surface area contributed by atoms with Crippen LogP contribution in [0.2, 0.25) is 0 Å². The lowest BCUT2D eigenvalue weighted by Crippen LogP contribution is -1.93. The summed E-state index contributed by atoms with van der Waals surface area (Å²) in [5.41, 5.74) is 9.53. The number of nitrogens with two attached hydrogens (primary N) is 1. The normalized spacial score (nSPS) is 10.8. The van der Waals surface area contributed by atoms with Gasteiger partial charge >= 0.3 is 0 Å². The van der Waals surface area contributed by atoms with Crippen LogP contribution in [0.3, 0.4) is 0 Å². The zero-order valence-corrected chi connectivity index (χ0v) is 10.8. The SMILES string of the molecule is COc1ccc(C)cc1-c1ccc2nc(N)nn2c1. The molecule has 5 heteroatoms. The first-order chi connectivity index (χ1) is 9.17. The Morgan fingerprint density at radius 3 is 2.84 bits per heavy atom. The molecule has 1 aromatic carbocycles. The average molecular weight is 254 g/mol. The molecule has 0 aliphatic rings. The predicted octanol–water partition coefficient (Wildman–Crippen LogP) is 2.30. The van der Waals surface area contributed by atoms with Crippen LogP contribution in [0.15, 0.2) is 36.5 Å². The summed E-state index contributed by atoms with van der Waals surface area (Å²) in [5, 5.41) is 4.12. The molecular formula is C14H14N4O. The molecule has 0 aliphatic carbocycles. The average Bonchev–Trinajstić information content (AvgIpc) is 2.77. The number of pyridine rings is 1. The Morgan fingerprint density at radius 2 is 2.05 bits per heavy atom. The van der Waals surface area contributed by atoms with Gasteiger partial charge in [0, 0.05) is 17.3 Å². The Balaban J connectivity index is 2.20. The second-order valence-corrected chi connectivity index (χ2v) is 4.39. The van der Waals surface area contributed by atoms with Gasteiger partial charge < -0.3 is 10.5 Å². The summed E-state index contributed by atoms with van der Waals surface area (Å²) >= 11 is 0. The summed E-state index contributed by atoms with van der Waals surface area (Å²) in [6.07, 6.45) is 1.90. The maximum Gasteiger partial charge on any atom is 0.240 e. The van der Waals surface area contributed by atoms with Crippen molar-refractivity contribution in [2.75, 3.05) is 12.8 Å². The number of aromatic nitrogens is 3. The number of fused-ring (bicyclic) bond motifs is 1. The molecule has 0 unspecified atom stereocenters. The second-order valence-electron chi connectivity index (χ2n) is 4.39. The fourth-order valence-corrected chi connectivity index (χ4v) is 2.11. The predicted molar refractivity (Wildman–Crippen MR) is 74.1 cm³/mol. The smallest absolute Gasteiger partial charge is 0.240 e. The molecule has 0 atom stereocenters. The third-order valence-corrected chi connectivity index (χ3v) is 3.01. The van der Waals surface area contributed by atoms with Crippen molar-refractivity contribution < 1.29 is 4.74 Å². The molecule has 3 rings (SSSR count). The van der Waals surface area contributed by atoms with Crippen molar-refractivity contribution in [2.45, 2.75) is 6.92 Å². The summed E-state index contributed by atoms with van der Waals surface area (Å²) in [6, 6.07) is 9.94. The van der Waals surface area contributed by atoms with Crippen molar-refractivity contribution in [3.05, 3.63) is 42.1 Å². The number of hydrogen-bond acceptors (Lipinski definition) is 4. The molecule has 5 nitrogen and oxygen atoms in total. The number of methoxy groups -OCH3 is 1. The molecule has 96 valence electrons. The Morgan fingerprint density at radius 1 is 1.21 bits per heavy atom. The summed E-state index contributed by atoms with van der Waals surface area (Å²) in [5.74, 6) is 1.10. The van der Waals surface area contributed by atoms with E-state index in [1.165, 1.54) is 5.56 Å². The number of ether oxygens (including phenoxy) is 1. The van der Waals surface area contributed by atoms with Gasteiger partial charge in [0.25, 0.3) is 0 Å². The minimum absolute atomic E-state index is 0.272. The van der Waals surface area contributed by atoms with E-state index in [1.807, 2.05) is 30.5 Å². The molecular weight excluding hydrogens is 240 g/mol. The molecule has 0 spiro atoms. The van der Waals surface area contributed by atoms with Crippen molar-refractivity contribution in [3.63, 3.8) is 0 Å². The van der Waals surface area contributed by atoms with Gasteiger partial charge in [-0.2, -0.15) is 4.98 Å². The Kier molecular flexibility index (Phi) is 2.59. The standard InChI is InChI=1S/C14H14N4O/c1-9-3-5-12(19-2)11(7-9)10-4-6-13-16-14(15)17-18(13)8-10/h3-8H,1-2H3,(H2,15,17). The van der Waals surface area contributed by atoms with Crippen molar-refractivity contribution in [1.82, 2.24) is 14.6 Å². The lowest BCUT2D eigenvalue weighted by atomic mass is 10.0. The van der Waals surface area contributed by atoms with Crippen molar-refractivity contribution in [2.24, 2.45) is 0 Å². The number of anilines is 1. The van der Waals surface area contributed by atoms with Gasteiger partial charge in [-0.1, -0.05) is 11.6 Å². The van der Waals surface area contributed by atoms with E-state index in [4.69, 9.17) is 10.5 Å². The molecule has 0 amide bonds. The van der Waals surface area contributed by atoms with Gasteiger partial charge in [0.15, 0.2) is 5.65 Å². The Hall–Kier alpha value is -2.56. The van der Waals surface area contributed by atoms with Crippen LogP contribution < -0.4 is 10.5 Å². The fraction of sp³-hybridized carbons (Fsp3) is 0.143.